The van der Waals surface area contributed by atoms with Gasteiger partial charge in [-0.25, -0.2) is 17.6 Å². The Morgan fingerprint density at radius 1 is 0.950 bits per heavy atom. The molecule has 0 bridgehead atoms. The van der Waals surface area contributed by atoms with Crippen molar-refractivity contribution < 1.29 is 48.1 Å². The maximum Gasteiger partial charge on any atom is 0.360 e. The highest BCUT2D eigenvalue weighted by Crippen LogP contribution is 2.44. The molecule has 2 N–H and O–H groups in total. The van der Waals surface area contributed by atoms with E-state index in [1.807, 2.05) is 14.1 Å². The van der Waals surface area contributed by atoms with Crippen molar-refractivity contribution in [3.63, 3.8) is 0 Å². The molecule has 0 aromatic carbocycles. The highest BCUT2D eigenvalue weighted by atomic mass is 32.2. The number of hydrogen-bond donors (Lipinski definition) is 2. The lowest BCUT2D eigenvalue weighted by Crippen LogP contribution is -2.57. The van der Waals surface area contributed by atoms with Gasteiger partial charge in [-0.2, -0.15) is 26.0 Å². The van der Waals surface area contributed by atoms with E-state index in [0.717, 1.165) is 0 Å². The number of hydrogen-bond acceptors (Lipinski definition) is 3. The Kier molecular flexibility index (Phi) is 7.95. The first-order chi connectivity index (χ1) is 8.67. The van der Waals surface area contributed by atoms with Crippen LogP contribution < -0.4 is 5.32 Å². The molecule has 0 aliphatic carbocycles. The molecule has 0 spiro atoms. The van der Waals surface area contributed by atoms with Crippen LogP contribution >= 0.6 is 0 Å². The van der Waals surface area contributed by atoms with Gasteiger partial charge in [0.15, 0.2) is 0 Å². The summed E-state index contributed by atoms with van der Waals surface area (Å²) in [5.74, 6) is -12.7. The van der Waals surface area contributed by atoms with Crippen LogP contribution in [0.25, 0.3) is 0 Å². The molecule has 2 unspecified atom stereocenters. The SMILES string of the molecule is CNC.O=S(=O)(O)C(F)C(F)(F)C(F)(F)C(F)C(F)F. The summed E-state index contributed by atoms with van der Waals surface area (Å²) in [6.45, 7) is 0. The molecule has 20 heavy (non-hydrogen) atoms. The summed E-state index contributed by atoms with van der Waals surface area (Å²) < 4.78 is 125. The predicted octanol–water partition coefficient (Wildman–Crippen LogP) is 1.88. The Morgan fingerprint density at radius 3 is 1.45 bits per heavy atom. The van der Waals surface area contributed by atoms with E-state index >= 15 is 0 Å². The summed E-state index contributed by atoms with van der Waals surface area (Å²) in [6, 6.07) is 0. The second kappa shape index (κ2) is 7.36. The van der Waals surface area contributed by atoms with Crippen molar-refractivity contribution in [1.82, 2.24) is 5.32 Å². The second-order valence-electron chi connectivity index (χ2n) is 3.31. The number of nitrogens with one attached hydrogen (secondary N) is 1. The molecule has 13 heteroatoms. The van der Waals surface area contributed by atoms with Gasteiger partial charge in [0.25, 0.3) is 11.9 Å². The van der Waals surface area contributed by atoms with Gasteiger partial charge in [0.1, 0.15) is 0 Å². The van der Waals surface area contributed by atoms with Crippen LogP contribution in [0, 0.1) is 0 Å². The van der Waals surface area contributed by atoms with Gasteiger partial charge in [-0.3, -0.25) is 4.55 Å². The van der Waals surface area contributed by atoms with Gasteiger partial charge in [0, 0.05) is 0 Å². The standard InChI is InChI=1S/C5H4F8O3S.C2H7N/c6-1(2(7)8)4(10,11)5(12,13)3(9)17(14,15)16;1-3-2/h1-3H,(H,14,15,16);3H,1-2H3. The fourth-order valence-electron chi connectivity index (χ4n) is 0.680. The lowest BCUT2D eigenvalue weighted by molar-refractivity contribution is -0.268. The average Bonchev–Trinajstić information content (AvgIpc) is 2.26. The molecule has 0 fully saturated rings. The molecule has 0 saturated heterocycles. The molecule has 0 aliphatic heterocycles. The maximum absolute atomic E-state index is 12.5. The van der Waals surface area contributed by atoms with Crippen molar-refractivity contribution in [2.75, 3.05) is 14.1 Å². The summed E-state index contributed by atoms with van der Waals surface area (Å²) in [5, 5.41) is 2.75. The third-order valence-electron chi connectivity index (χ3n) is 1.56. The van der Waals surface area contributed by atoms with Gasteiger partial charge in [-0.15, -0.1) is 0 Å². The van der Waals surface area contributed by atoms with E-state index in [4.69, 9.17) is 4.55 Å². The van der Waals surface area contributed by atoms with Gasteiger partial charge >= 0.3 is 22.0 Å². The first-order valence-corrected chi connectivity index (χ1v) is 6.04. The minimum atomic E-state index is -6.35. The zero-order chi connectivity index (χ0) is 16.9. The number of halogens is 8. The van der Waals surface area contributed by atoms with Crippen molar-refractivity contribution in [1.29, 1.82) is 0 Å². The molecule has 2 atom stereocenters. The quantitative estimate of drug-likeness (QED) is 0.592. The van der Waals surface area contributed by atoms with Gasteiger partial charge in [0.05, 0.1) is 0 Å². The fraction of sp³-hybridized carbons (Fsp3) is 1.00. The van der Waals surface area contributed by atoms with Crippen LogP contribution in [0.15, 0.2) is 0 Å². The summed E-state index contributed by atoms with van der Waals surface area (Å²) in [6.07, 6.45) is -9.39. The van der Waals surface area contributed by atoms with E-state index in [9.17, 15) is 43.5 Å². The highest BCUT2D eigenvalue weighted by molar-refractivity contribution is 7.86. The largest absolute Gasteiger partial charge is 0.360 e. The zero-order valence-corrected chi connectivity index (χ0v) is 10.7. The van der Waals surface area contributed by atoms with E-state index in [-0.39, 0.29) is 0 Å². The molecule has 0 aromatic rings. The molecule has 0 aliphatic rings. The number of alkyl halides is 8. The van der Waals surface area contributed by atoms with Crippen LogP contribution in [0.2, 0.25) is 0 Å². The molecule has 0 rings (SSSR count). The zero-order valence-electron chi connectivity index (χ0n) is 9.93. The van der Waals surface area contributed by atoms with Crippen LogP contribution in [-0.4, -0.2) is 57.0 Å². The van der Waals surface area contributed by atoms with Crippen molar-refractivity contribution in [3.8, 4) is 0 Å². The Morgan fingerprint density at radius 2 is 1.25 bits per heavy atom. The van der Waals surface area contributed by atoms with Gasteiger partial charge < -0.3 is 5.32 Å². The van der Waals surface area contributed by atoms with E-state index in [1.165, 1.54) is 0 Å². The van der Waals surface area contributed by atoms with Crippen LogP contribution in [0.4, 0.5) is 35.1 Å². The molecule has 124 valence electrons. The minimum Gasteiger partial charge on any atom is -0.323 e. The van der Waals surface area contributed by atoms with Crippen LogP contribution in [0.1, 0.15) is 0 Å². The lowest BCUT2D eigenvalue weighted by atomic mass is 10.1. The Balaban J connectivity index is 0. The summed E-state index contributed by atoms with van der Waals surface area (Å²) in [5.41, 5.74) is -4.93. The molecule has 0 amide bonds. The van der Waals surface area contributed by atoms with Crippen LogP contribution in [0.5, 0.6) is 0 Å². The minimum absolute atomic E-state index is 1.88. The van der Waals surface area contributed by atoms with Crippen molar-refractivity contribution >= 4 is 10.1 Å². The molecular weight excluding hydrogens is 330 g/mol. The Hall–Kier alpha value is -0.690. The van der Waals surface area contributed by atoms with Crippen molar-refractivity contribution in [3.05, 3.63) is 0 Å². The molecule has 0 aromatic heterocycles. The molecule has 0 radical (unpaired) electrons. The van der Waals surface area contributed by atoms with E-state index < -0.39 is 40.1 Å². The van der Waals surface area contributed by atoms with E-state index in [0.29, 0.717) is 0 Å². The summed E-state index contributed by atoms with van der Waals surface area (Å²) in [4.78, 5) is 0. The smallest absolute Gasteiger partial charge is 0.323 e. The van der Waals surface area contributed by atoms with Gasteiger partial charge in [0.2, 0.25) is 6.17 Å². The third kappa shape index (κ3) is 5.01. The average molecular weight is 341 g/mol. The molecule has 0 heterocycles. The molecular formula is C7H11F8NO3S. The lowest BCUT2D eigenvalue weighted by Gasteiger charge is -2.29. The van der Waals surface area contributed by atoms with E-state index in [1.54, 1.807) is 0 Å². The van der Waals surface area contributed by atoms with Gasteiger partial charge in [-0.1, -0.05) is 0 Å². The summed E-state index contributed by atoms with van der Waals surface area (Å²) >= 11 is 0. The normalized spacial score (nSPS) is 16.4. The maximum atomic E-state index is 12.5. The van der Waals surface area contributed by atoms with Crippen LogP contribution in [0.3, 0.4) is 0 Å². The predicted molar refractivity (Wildman–Crippen MR) is 52.2 cm³/mol. The first-order valence-electron chi connectivity index (χ1n) is 4.54. The Bertz CT molecular complexity index is 388. The molecule has 4 nitrogen and oxygen atoms in total. The third-order valence-corrected chi connectivity index (χ3v) is 2.38. The number of rotatable bonds is 5. The van der Waals surface area contributed by atoms with Crippen LogP contribution in [-0.2, 0) is 10.1 Å². The van der Waals surface area contributed by atoms with Gasteiger partial charge in [-0.05, 0) is 14.1 Å². The van der Waals surface area contributed by atoms with Crippen molar-refractivity contribution in [2.24, 2.45) is 0 Å². The second-order valence-corrected chi connectivity index (χ2v) is 4.76. The fourth-order valence-corrected chi connectivity index (χ4v) is 1.21. The van der Waals surface area contributed by atoms with E-state index in [2.05, 4.69) is 5.32 Å². The topological polar surface area (TPSA) is 66.4 Å². The molecule has 0 saturated carbocycles. The monoisotopic (exact) mass is 341 g/mol. The first kappa shape index (κ1) is 21.6. The highest BCUT2D eigenvalue weighted by Gasteiger charge is 2.71. The van der Waals surface area contributed by atoms with Crippen molar-refractivity contribution in [2.45, 2.75) is 29.9 Å². The summed E-state index contributed by atoms with van der Waals surface area (Å²) in [7, 11) is -2.56. The Labute approximate surface area is 108 Å².